The molecule has 0 aliphatic carbocycles. The van der Waals surface area contributed by atoms with Crippen molar-refractivity contribution in [2.75, 3.05) is 7.11 Å². The molecule has 25 heavy (non-hydrogen) atoms. The van der Waals surface area contributed by atoms with Crippen molar-refractivity contribution in [3.8, 4) is 0 Å². The second kappa shape index (κ2) is 9.66. The Balaban J connectivity index is 2.50. The number of carbonyl (C=O) groups excluding carboxylic acids is 3. The SMILES string of the molecule is COC(=O)[C@@H](CCC(=O)OC(C)(C)C)NC(=O)OCc1ccccc1. The van der Waals surface area contributed by atoms with Crippen molar-refractivity contribution in [3.05, 3.63) is 35.9 Å². The maximum Gasteiger partial charge on any atom is 0.408 e. The quantitative estimate of drug-likeness (QED) is 0.600. The molecular formula is C18H25NO6. The molecule has 0 saturated carbocycles. The number of hydrogen-bond donors (Lipinski definition) is 1. The Hall–Kier alpha value is -2.57. The first-order chi connectivity index (χ1) is 11.7. The van der Waals surface area contributed by atoms with E-state index in [1.54, 1.807) is 20.8 Å². The van der Waals surface area contributed by atoms with Crippen LogP contribution in [-0.2, 0) is 30.4 Å². The molecule has 7 heteroatoms. The van der Waals surface area contributed by atoms with Gasteiger partial charge in [-0.25, -0.2) is 9.59 Å². The van der Waals surface area contributed by atoms with Crippen molar-refractivity contribution in [2.24, 2.45) is 0 Å². The zero-order valence-electron chi connectivity index (χ0n) is 15.0. The van der Waals surface area contributed by atoms with Crippen molar-refractivity contribution < 1.29 is 28.6 Å². The minimum Gasteiger partial charge on any atom is -0.467 e. The fraction of sp³-hybridized carbons (Fsp3) is 0.500. The van der Waals surface area contributed by atoms with Gasteiger partial charge in [-0.2, -0.15) is 0 Å². The van der Waals surface area contributed by atoms with Crippen LogP contribution < -0.4 is 5.32 Å². The predicted molar refractivity (Wildman–Crippen MR) is 90.6 cm³/mol. The van der Waals surface area contributed by atoms with Gasteiger partial charge < -0.3 is 19.5 Å². The van der Waals surface area contributed by atoms with Crippen LogP contribution in [0, 0.1) is 0 Å². The molecule has 0 aliphatic heterocycles. The summed E-state index contributed by atoms with van der Waals surface area (Å²) in [6, 6.07) is 8.15. The van der Waals surface area contributed by atoms with E-state index >= 15 is 0 Å². The molecule has 0 fully saturated rings. The molecule has 0 bridgehead atoms. The summed E-state index contributed by atoms with van der Waals surface area (Å²) in [6.07, 6.45) is -0.735. The molecule has 0 heterocycles. The zero-order valence-corrected chi connectivity index (χ0v) is 15.0. The lowest BCUT2D eigenvalue weighted by molar-refractivity contribution is -0.155. The van der Waals surface area contributed by atoms with Crippen LogP contribution in [-0.4, -0.2) is 36.8 Å². The van der Waals surface area contributed by atoms with Crippen LogP contribution in [0.5, 0.6) is 0 Å². The summed E-state index contributed by atoms with van der Waals surface area (Å²) in [5.41, 5.74) is 0.209. The number of amides is 1. The van der Waals surface area contributed by atoms with E-state index in [9.17, 15) is 14.4 Å². The minimum atomic E-state index is -0.985. The van der Waals surface area contributed by atoms with Crippen LogP contribution in [0.1, 0.15) is 39.2 Å². The maximum atomic E-state index is 11.9. The molecule has 1 aromatic rings. The van der Waals surface area contributed by atoms with E-state index in [2.05, 4.69) is 10.1 Å². The van der Waals surface area contributed by atoms with Gasteiger partial charge in [0, 0.05) is 6.42 Å². The summed E-state index contributed by atoms with van der Waals surface area (Å²) in [5, 5.41) is 2.41. The summed E-state index contributed by atoms with van der Waals surface area (Å²) in [4.78, 5) is 35.4. The Morgan fingerprint density at radius 1 is 1.12 bits per heavy atom. The van der Waals surface area contributed by atoms with E-state index in [0.717, 1.165) is 5.56 Å². The number of esters is 2. The average molecular weight is 351 g/mol. The molecule has 0 spiro atoms. The van der Waals surface area contributed by atoms with Crippen molar-refractivity contribution >= 4 is 18.0 Å². The standard InChI is InChI=1S/C18H25NO6/c1-18(2,3)25-15(20)11-10-14(16(21)23-4)19-17(22)24-12-13-8-6-5-7-9-13/h5-9,14H,10-12H2,1-4H3,(H,19,22)/t14-/m1/s1. The Morgan fingerprint density at radius 2 is 1.76 bits per heavy atom. The molecule has 0 aliphatic rings. The smallest absolute Gasteiger partial charge is 0.408 e. The highest BCUT2D eigenvalue weighted by molar-refractivity contribution is 5.82. The molecule has 0 aromatic heterocycles. The Kier molecular flexibility index (Phi) is 7.91. The van der Waals surface area contributed by atoms with Crippen LogP contribution in [0.4, 0.5) is 4.79 Å². The van der Waals surface area contributed by atoms with Crippen LogP contribution in [0.2, 0.25) is 0 Å². The van der Waals surface area contributed by atoms with E-state index < -0.39 is 29.7 Å². The van der Waals surface area contributed by atoms with Crippen LogP contribution in [0.25, 0.3) is 0 Å². The second-order valence-corrected chi connectivity index (χ2v) is 6.41. The summed E-state index contributed by atoms with van der Waals surface area (Å²) < 4.78 is 14.9. The monoisotopic (exact) mass is 351 g/mol. The highest BCUT2D eigenvalue weighted by atomic mass is 16.6. The lowest BCUT2D eigenvalue weighted by Gasteiger charge is -2.20. The molecule has 1 amide bonds. The predicted octanol–water partition coefficient (Wildman–Crippen LogP) is 2.58. The Labute approximate surface area is 147 Å². The van der Waals surface area contributed by atoms with E-state index in [1.165, 1.54) is 7.11 Å². The third-order valence-corrected chi connectivity index (χ3v) is 3.05. The number of carbonyl (C=O) groups is 3. The number of methoxy groups -OCH3 is 1. The van der Waals surface area contributed by atoms with Gasteiger partial charge in [-0.3, -0.25) is 4.79 Å². The van der Waals surface area contributed by atoms with Crippen molar-refractivity contribution in [2.45, 2.75) is 51.9 Å². The van der Waals surface area contributed by atoms with Gasteiger partial charge >= 0.3 is 18.0 Å². The van der Waals surface area contributed by atoms with Gasteiger partial charge in [0.2, 0.25) is 0 Å². The fourth-order valence-electron chi connectivity index (χ4n) is 1.95. The highest BCUT2D eigenvalue weighted by Crippen LogP contribution is 2.11. The Bertz CT molecular complexity index is 579. The van der Waals surface area contributed by atoms with Crippen molar-refractivity contribution in [1.29, 1.82) is 0 Å². The van der Waals surface area contributed by atoms with Gasteiger partial charge in [0.1, 0.15) is 18.2 Å². The summed E-state index contributed by atoms with van der Waals surface area (Å²) in [5.74, 6) is -1.11. The fourth-order valence-corrected chi connectivity index (χ4v) is 1.95. The molecule has 7 nitrogen and oxygen atoms in total. The molecule has 1 rings (SSSR count). The zero-order chi connectivity index (χ0) is 18.9. The Morgan fingerprint density at radius 3 is 2.32 bits per heavy atom. The van der Waals surface area contributed by atoms with Gasteiger partial charge in [-0.15, -0.1) is 0 Å². The number of hydrogen-bond acceptors (Lipinski definition) is 6. The lowest BCUT2D eigenvalue weighted by Crippen LogP contribution is -2.42. The van der Waals surface area contributed by atoms with Gasteiger partial charge in [0.15, 0.2) is 0 Å². The van der Waals surface area contributed by atoms with Gasteiger partial charge in [0.05, 0.1) is 7.11 Å². The average Bonchev–Trinajstić information content (AvgIpc) is 2.55. The van der Waals surface area contributed by atoms with Crippen molar-refractivity contribution in [1.82, 2.24) is 5.32 Å². The number of nitrogens with one attached hydrogen (secondary N) is 1. The first-order valence-corrected chi connectivity index (χ1v) is 7.98. The van der Waals surface area contributed by atoms with Crippen LogP contribution in [0.3, 0.4) is 0 Å². The molecule has 138 valence electrons. The number of ether oxygens (including phenoxy) is 3. The molecule has 1 aromatic carbocycles. The lowest BCUT2D eigenvalue weighted by atomic mass is 10.1. The van der Waals surface area contributed by atoms with E-state index in [0.29, 0.717) is 0 Å². The molecule has 1 N–H and O–H groups in total. The first-order valence-electron chi connectivity index (χ1n) is 7.98. The largest absolute Gasteiger partial charge is 0.467 e. The first kappa shape index (κ1) is 20.5. The minimum absolute atomic E-state index is 0.0317. The van der Waals surface area contributed by atoms with Gasteiger partial charge in [0.25, 0.3) is 0 Å². The second-order valence-electron chi connectivity index (χ2n) is 6.41. The molecule has 1 atom stereocenters. The summed E-state index contributed by atoms with van der Waals surface area (Å²) in [7, 11) is 1.21. The van der Waals surface area contributed by atoms with Gasteiger partial charge in [-0.05, 0) is 32.8 Å². The number of benzene rings is 1. The van der Waals surface area contributed by atoms with Crippen LogP contribution in [0.15, 0.2) is 30.3 Å². The van der Waals surface area contributed by atoms with Gasteiger partial charge in [-0.1, -0.05) is 30.3 Å². The summed E-state index contributed by atoms with van der Waals surface area (Å²) >= 11 is 0. The molecule has 0 unspecified atom stereocenters. The van der Waals surface area contributed by atoms with Crippen LogP contribution >= 0.6 is 0 Å². The normalized spacial score (nSPS) is 12.0. The third kappa shape index (κ3) is 8.74. The number of alkyl carbamates (subject to hydrolysis) is 1. The molecule has 0 radical (unpaired) electrons. The van der Waals surface area contributed by atoms with Crippen molar-refractivity contribution in [3.63, 3.8) is 0 Å². The highest BCUT2D eigenvalue weighted by Gasteiger charge is 2.25. The van der Waals surface area contributed by atoms with E-state index in [-0.39, 0.29) is 19.4 Å². The topological polar surface area (TPSA) is 90.9 Å². The third-order valence-electron chi connectivity index (χ3n) is 3.05. The molecular weight excluding hydrogens is 326 g/mol. The van der Waals surface area contributed by atoms with E-state index in [1.807, 2.05) is 30.3 Å². The summed E-state index contributed by atoms with van der Waals surface area (Å²) in [6.45, 7) is 5.33. The molecule has 0 saturated heterocycles. The van der Waals surface area contributed by atoms with E-state index in [4.69, 9.17) is 9.47 Å². The maximum absolute atomic E-state index is 11.9. The number of rotatable bonds is 7.